The van der Waals surface area contributed by atoms with Crippen LogP contribution in [0.3, 0.4) is 0 Å². The van der Waals surface area contributed by atoms with E-state index in [0.29, 0.717) is 28.3 Å². The van der Waals surface area contributed by atoms with Gasteiger partial charge in [-0.3, -0.25) is 0 Å². The molecule has 0 spiro atoms. The van der Waals surface area contributed by atoms with Crippen molar-refractivity contribution in [1.82, 2.24) is 15.5 Å². The summed E-state index contributed by atoms with van der Waals surface area (Å²) in [6.45, 7) is 1.94. The number of nitrogens with zero attached hydrogens (tertiary/aromatic N) is 1. The van der Waals surface area contributed by atoms with Crippen LogP contribution >= 0.6 is 23.2 Å². The molecule has 4 rings (SSSR count). The third-order valence-corrected chi connectivity index (χ3v) is 5.97. The smallest absolute Gasteiger partial charge is 0.317 e. The summed E-state index contributed by atoms with van der Waals surface area (Å²) in [5.74, 6) is 1.11. The van der Waals surface area contributed by atoms with Crippen LogP contribution in [0.4, 0.5) is 4.79 Å². The van der Waals surface area contributed by atoms with Crippen LogP contribution in [0, 0.1) is 11.8 Å². The summed E-state index contributed by atoms with van der Waals surface area (Å²) in [6.07, 6.45) is -0.233. The van der Waals surface area contributed by atoms with Crippen molar-refractivity contribution in [2.75, 3.05) is 20.1 Å². The molecule has 1 saturated carbocycles. The first-order valence-electron chi connectivity index (χ1n) is 7.87. The number of piperidine rings is 1. The van der Waals surface area contributed by atoms with Crippen LogP contribution in [0.2, 0.25) is 10.0 Å². The highest BCUT2D eigenvalue weighted by atomic mass is 35.5. The quantitative estimate of drug-likeness (QED) is 0.757. The first-order chi connectivity index (χ1) is 11.0. The van der Waals surface area contributed by atoms with Crippen molar-refractivity contribution in [2.45, 2.75) is 24.6 Å². The van der Waals surface area contributed by atoms with Gasteiger partial charge in [-0.05, 0) is 35.1 Å². The fraction of sp³-hybridized carbons (Fsp3) is 0.562. The largest absolute Gasteiger partial charge is 0.390 e. The Balaban J connectivity index is 1.52. The second kappa shape index (κ2) is 5.52. The molecule has 2 amide bonds. The minimum absolute atomic E-state index is 0.155. The van der Waals surface area contributed by atoms with Gasteiger partial charge in [0, 0.05) is 42.6 Å². The Labute approximate surface area is 144 Å². The van der Waals surface area contributed by atoms with Gasteiger partial charge < -0.3 is 20.6 Å². The predicted octanol–water partition coefficient (Wildman–Crippen LogP) is 1.81. The minimum atomic E-state index is -0.669. The van der Waals surface area contributed by atoms with Crippen LogP contribution in [0.15, 0.2) is 12.1 Å². The maximum absolute atomic E-state index is 12.6. The number of likely N-dealkylation sites (N-methyl/N-ethyl adjacent to an activating group) is 1. The summed E-state index contributed by atoms with van der Waals surface area (Å²) in [5, 5.41) is 17.9. The molecule has 2 fully saturated rings. The van der Waals surface area contributed by atoms with Crippen LogP contribution in [0.25, 0.3) is 0 Å². The molecule has 2 aliphatic carbocycles. The molecule has 1 saturated heterocycles. The minimum Gasteiger partial charge on any atom is -0.390 e. The fourth-order valence-corrected chi connectivity index (χ4v) is 4.69. The first kappa shape index (κ1) is 15.5. The first-order valence-corrected chi connectivity index (χ1v) is 8.63. The summed E-state index contributed by atoms with van der Waals surface area (Å²) in [4.78, 5) is 14.1. The lowest BCUT2D eigenvalue weighted by Crippen LogP contribution is -2.44. The van der Waals surface area contributed by atoms with Crippen molar-refractivity contribution in [2.24, 2.45) is 11.8 Å². The number of aliphatic hydroxyl groups excluding tert-OH is 1. The van der Waals surface area contributed by atoms with Crippen molar-refractivity contribution in [1.29, 1.82) is 0 Å². The molecule has 124 valence electrons. The van der Waals surface area contributed by atoms with Gasteiger partial charge in [-0.15, -0.1) is 0 Å². The monoisotopic (exact) mass is 355 g/mol. The number of aliphatic hydroxyl groups is 1. The van der Waals surface area contributed by atoms with E-state index < -0.39 is 12.1 Å². The van der Waals surface area contributed by atoms with Crippen LogP contribution < -0.4 is 10.6 Å². The van der Waals surface area contributed by atoms with Gasteiger partial charge in [0.25, 0.3) is 0 Å². The highest BCUT2D eigenvalue weighted by Gasteiger charge is 2.54. The number of benzene rings is 1. The number of urea groups is 1. The number of nitrogens with one attached hydrogen (secondary N) is 2. The summed E-state index contributed by atoms with van der Waals surface area (Å²) in [5.41, 5.74) is 1.71. The molecule has 3 aliphatic rings. The molecule has 1 aromatic rings. The summed E-state index contributed by atoms with van der Waals surface area (Å²) < 4.78 is 0. The Hall–Kier alpha value is -1.01. The number of rotatable bonds is 2. The number of fused-ring (bicyclic) bond motifs is 2. The van der Waals surface area contributed by atoms with E-state index >= 15 is 0 Å². The van der Waals surface area contributed by atoms with E-state index in [1.54, 1.807) is 24.1 Å². The van der Waals surface area contributed by atoms with Crippen LogP contribution in [0.5, 0.6) is 0 Å². The lowest BCUT2D eigenvalue weighted by Gasteiger charge is -2.28. The Morgan fingerprint density at radius 2 is 2.04 bits per heavy atom. The molecule has 1 aliphatic heterocycles. The van der Waals surface area contributed by atoms with Crippen LogP contribution in [0.1, 0.15) is 17.2 Å². The van der Waals surface area contributed by atoms with Gasteiger partial charge in [-0.1, -0.05) is 23.2 Å². The lowest BCUT2D eigenvalue weighted by molar-refractivity contribution is 0.0888. The molecule has 0 radical (unpaired) electrons. The molecule has 5 nitrogen and oxygen atoms in total. The molecule has 5 atom stereocenters. The number of amides is 2. The van der Waals surface area contributed by atoms with Gasteiger partial charge in [-0.2, -0.15) is 0 Å². The summed E-state index contributed by atoms with van der Waals surface area (Å²) in [7, 11) is 1.71. The van der Waals surface area contributed by atoms with Gasteiger partial charge in [0.15, 0.2) is 0 Å². The number of hydrogen-bond acceptors (Lipinski definition) is 3. The van der Waals surface area contributed by atoms with Crippen molar-refractivity contribution in [3.05, 3.63) is 33.3 Å². The third kappa shape index (κ3) is 2.50. The molecular weight excluding hydrogens is 337 g/mol. The molecular formula is C16H19Cl2N3O2. The van der Waals surface area contributed by atoms with Crippen molar-refractivity contribution < 1.29 is 9.90 Å². The topological polar surface area (TPSA) is 64.6 Å². The molecule has 3 unspecified atom stereocenters. The standard InChI is InChI=1S/C16H19Cl2N3O2/c1-21(16(23)20-14-10-5-19-6-11(10)14)15-9-2-7(17)3-12(18)8(9)4-13(15)22/h2-3,10-11,13-15,19,22H,4-6H2,1H3,(H,20,23)/t10-,11+,13?,14?,15?. The van der Waals surface area contributed by atoms with Crippen molar-refractivity contribution >= 4 is 29.2 Å². The fourth-order valence-electron chi connectivity index (χ4n) is 4.10. The second-order valence-corrected chi connectivity index (χ2v) is 7.59. The van der Waals surface area contributed by atoms with Crippen LogP contribution in [-0.2, 0) is 6.42 Å². The molecule has 1 aromatic carbocycles. The molecule has 0 bridgehead atoms. The highest BCUT2D eigenvalue weighted by Crippen LogP contribution is 2.43. The van der Waals surface area contributed by atoms with E-state index in [-0.39, 0.29) is 12.1 Å². The molecule has 3 N–H and O–H groups in total. The Morgan fingerprint density at radius 3 is 2.74 bits per heavy atom. The maximum Gasteiger partial charge on any atom is 0.317 e. The number of halogens is 2. The maximum atomic E-state index is 12.6. The Morgan fingerprint density at radius 1 is 1.35 bits per heavy atom. The molecule has 23 heavy (non-hydrogen) atoms. The van der Waals surface area contributed by atoms with E-state index in [1.165, 1.54) is 0 Å². The van der Waals surface area contributed by atoms with Crippen molar-refractivity contribution in [3.63, 3.8) is 0 Å². The molecule has 0 aromatic heterocycles. The SMILES string of the molecule is CN(C(=O)NC1[C@H]2CNC[C@@H]12)C1c2cc(Cl)cc(Cl)c2CC1O. The summed E-state index contributed by atoms with van der Waals surface area (Å²) >= 11 is 12.3. The normalized spacial score (nSPS) is 34.0. The predicted molar refractivity (Wildman–Crippen MR) is 88.8 cm³/mol. The zero-order valence-electron chi connectivity index (χ0n) is 12.7. The molecule has 7 heteroatoms. The Bertz CT molecular complexity index is 659. The van der Waals surface area contributed by atoms with E-state index in [9.17, 15) is 9.90 Å². The summed E-state index contributed by atoms with van der Waals surface area (Å²) in [6, 6.07) is 3.15. The zero-order valence-corrected chi connectivity index (χ0v) is 14.2. The number of carbonyl (C=O) groups excluding carboxylic acids is 1. The van der Waals surface area contributed by atoms with Gasteiger partial charge in [0.1, 0.15) is 0 Å². The average molecular weight is 356 g/mol. The Kier molecular flexibility index (Phi) is 3.72. The van der Waals surface area contributed by atoms with Crippen LogP contribution in [-0.4, -0.2) is 48.3 Å². The van der Waals surface area contributed by atoms with Gasteiger partial charge in [0.05, 0.1) is 12.1 Å². The van der Waals surface area contributed by atoms with Gasteiger partial charge in [0.2, 0.25) is 0 Å². The molecule has 1 heterocycles. The second-order valence-electron chi connectivity index (χ2n) is 6.74. The number of carbonyl (C=O) groups is 1. The van der Waals surface area contributed by atoms with Crippen molar-refractivity contribution in [3.8, 4) is 0 Å². The highest BCUT2D eigenvalue weighted by molar-refractivity contribution is 6.35. The lowest BCUT2D eigenvalue weighted by atomic mass is 10.1. The average Bonchev–Trinajstić information content (AvgIpc) is 2.87. The number of hydrogen-bond donors (Lipinski definition) is 3. The zero-order chi connectivity index (χ0) is 16.3. The van der Waals surface area contributed by atoms with E-state index in [0.717, 1.165) is 24.2 Å². The van der Waals surface area contributed by atoms with E-state index in [4.69, 9.17) is 23.2 Å². The van der Waals surface area contributed by atoms with E-state index in [1.807, 2.05) is 0 Å². The van der Waals surface area contributed by atoms with Gasteiger partial charge in [-0.25, -0.2) is 4.79 Å². The van der Waals surface area contributed by atoms with E-state index in [2.05, 4.69) is 10.6 Å². The third-order valence-electron chi connectivity index (χ3n) is 5.41. The van der Waals surface area contributed by atoms with Gasteiger partial charge >= 0.3 is 6.03 Å².